The van der Waals surface area contributed by atoms with Gasteiger partial charge in [0.25, 0.3) is 5.56 Å². The van der Waals surface area contributed by atoms with Crippen molar-refractivity contribution < 1.29 is 9.53 Å². The highest BCUT2D eigenvalue weighted by Gasteiger charge is 2.28. The molecule has 0 saturated heterocycles. The molecule has 1 atom stereocenters. The number of carbonyl (C=O) groups is 1. The molecule has 1 aromatic heterocycles. The van der Waals surface area contributed by atoms with Crippen LogP contribution in [-0.4, -0.2) is 27.3 Å². The summed E-state index contributed by atoms with van der Waals surface area (Å²) >= 11 is 0. The van der Waals surface area contributed by atoms with Crippen LogP contribution >= 0.6 is 0 Å². The number of hydrogen-bond donors (Lipinski definition) is 1. The zero-order valence-corrected chi connectivity index (χ0v) is 17.3. The molecule has 30 heavy (non-hydrogen) atoms. The molecular formula is C23H24N4O3. The Morgan fingerprint density at radius 2 is 1.90 bits per heavy atom. The molecule has 7 heteroatoms. The van der Waals surface area contributed by atoms with Crippen LogP contribution < -0.4 is 10.9 Å². The van der Waals surface area contributed by atoms with Gasteiger partial charge in [0.15, 0.2) is 11.5 Å². The fourth-order valence-electron chi connectivity index (χ4n) is 3.57. The summed E-state index contributed by atoms with van der Waals surface area (Å²) in [4.78, 5) is 29.4. The van der Waals surface area contributed by atoms with Crippen molar-refractivity contribution in [1.29, 1.82) is 0 Å². The fourth-order valence-corrected chi connectivity index (χ4v) is 3.57. The van der Waals surface area contributed by atoms with E-state index in [0.29, 0.717) is 23.9 Å². The summed E-state index contributed by atoms with van der Waals surface area (Å²) in [5, 5.41) is 7.94. The fraction of sp³-hybridized carbons (Fsp3) is 0.304. The van der Waals surface area contributed by atoms with Crippen molar-refractivity contribution >= 4 is 11.7 Å². The Bertz CT molecular complexity index is 1140. The first-order valence-electron chi connectivity index (χ1n) is 10.1. The van der Waals surface area contributed by atoms with E-state index in [0.717, 1.165) is 11.3 Å². The first-order valence-corrected chi connectivity index (χ1v) is 10.1. The molecule has 2 heterocycles. The van der Waals surface area contributed by atoms with Crippen LogP contribution in [-0.2, 0) is 9.53 Å². The lowest BCUT2D eigenvalue weighted by Crippen LogP contribution is -2.33. The molecule has 0 amide bonds. The maximum atomic E-state index is 12.9. The summed E-state index contributed by atoms with van der Waals surface area (Å²) in [6, 6.07) is 15.3. The van der Waals surface area contributed by atoms with Gasteiger partial charge in [0, 0.05) is 16.8 Å². The third-order valence-corrected chi connectivity index (χ3v) is 5.14. The standard InChI is InChI=1S/C23H24N4O3/c1-4-30-20(28)13-19-24-18-8-6-5-7-17(18)22-25-23(29)21(26-27(19)22)16-11-9-15(10-12-16)14(2)3/h5-12,14,19,24H,4,13H2,1-3H3/t19-/m1/s1. The van der Waals surface area contributed by atoms with E-state index >= 15 is 0 Å². The van der Waals surface area contributed by atoms with Crippen LogP contribution in [0.1, 0.15) is 44.8 Å². The van der Waals surface area contributed by atoms with Crippen LogP contribution in [0, 0.1) is 0 Å². The second-order valence-electron chi connectivity index (χ2n) is 7.53. The summed E-state index contributed by atoms with van der Waals surface area (Å²) in [6.45, 7) is 6.31. The Morgan fingerprint density at radius 3 is 2.60 bits per heavy atom. The van der Waals surface area contributed by atoms with Crippen molar-refractivity contribution in [3.05, 3.63) is 64.4 Å². The van der Waals surface area contributed by atoms with Crippen molar-refractivity contribution in [1.82, 2.24) is 14.8 Å². The number of carbonyl (C=O) groups excluding carboxylic acids is 1. The maximum absolute atomic E-state index is 12.9. The van der Waals surface area contributed by atoms with Gasteiger partial charge in [0.2, 0.25) is 0 Å². The number of fused-ring (bicyclic) bond motifs is 3. The van der Waals surface area contributed by atoms with Gasteiger partial charge in [0.1, 0.15) is 6.17 Å². The summed E-state index contributed by atoms with van der Waals surface area (Å²) in [7, 11) is 0. The zero-order valence-electron chi connectivity index (χ0n) is 17.3. The second-order valence-corrected chi connectivity index (χ2v) is 7.53. The Morgan fingerprint density at radius 1 is 1.17 bits per heavy atom. The lowest BCUT2D eigenvalue weighted by Gasteiger charge is -2.29. The van der Waals surface area contributed by atoms with Gasteiger partial charge in [-0.3, -0.25) is 9.59 Å². The second kappa shape index (κ2) is 8.10. The highest BCUT2D eigenvalue weighted by Crippen LogP contribution is 2.35. The van der Waals surface area contributed by atoms with Crippen molar-refractivity contribution in [3.63, 3.8) is 0 Å². The summed E-state index contributed by atoms with van der Waals surface area (Å²) < 4.78 is 6.74. The van der Waals surface area contributed by atoms with E-state index < -0.39 is 11.7 Å². The minimum Gasteiger partial charge on any atom is -0.466 e. The van der Waals surface area contributed by atoms with E-state index in [9.17, 15) is 9.59 Å². The molecule has 0 fully saturated rings. The molecule has 1 aliphatic heterocycles. The van der Waals surface area contributed by atoms with Crippen LogP contribution in [0.15, 0.2) is 53.3 Å². The minimum absolute atomic E-state index is 0.0679. The molecule has 1 N–H and O–H groups in total. The molecule has 0 radical (unpaired) electrons. The number of para-hydroxylation sites is 1. The van der Waals surface area contributed by atoms with Gasteiger partial charge in [0.05, 0.1) is 13.0 Å². The predicted octanol–water partition coefficient (Wildman–Crippen LogP) is 3.97. The van der Waals surface area contributed by atoms with Crippen molar-refractivity contribution in [2.24, 2.45) is 0 Å². The topological polar surface area (TPSA) is 86.1 Å². The van der Waals surface area contributed by atoms with Gasteiger partial charge in [-0.1, -0.05) is 50.2 Å². The number of nitrogens with zero attached hydrogens (tertiary/aromatic N) is 3. The first-order chi connectivity index (χ1) is 14.5. The number of nitrogens with one attached hydrogen (secondary N) is 1. The molecule has 0 aliphatic carbocycles. The number of benzene rings is 2. The zero-order chi connectivity index (χ0) is 21.3. The number of esters is 1. The maximum Gasteiger partial charge on any atom is 0.309 e. The average molecular weight is 404 g/mol. The number of aromatic nitrogens is 3. The van der Waals surface area contributed by atoms with Crippen LogP contribution in [0.25, 0.3) is 22.6 Å². The number of rotatable bonds is 5. The molecule has 0 spiro atoms. The molecule has 2 aromatic carbocycles. The average Bonchev–Trinajstić information content (AvgIpc) is 2.73. The summed E-state index contributed by atoms with van der Waals surface area (Å²) in [5.74, 6) is 0.485. The normalized spacial score (nSPS) is 14.6. The van der Waals surface area contributed by atoms with Crippen molar-refractivity contribution in [2.75, 3.05) is 11.9 Å². The lowest BCUT2D eigenvalue weighted by atomic mass is 10.0. The van der Waals surface area contributed by atoms with Gasteiger partial charge in [-0.15, -0.1) is 0 Å². The number of anilines is 1. The Balaban J connectivity index is 1.82. The van der Waals surface area contributed by atoms with E-state index in [1.54, 1.807) is 11.6 Å². The van der Waals surface area contributed by atoms with Crippen molar-refractivity contribution in [2.45, 2.75) is 39.3 Å². The molecule has 3 aromatic rings. The first kappa shape index (κ1) is 19.8. The molecule has 1 aliphatic rings. The predicted molar refractivity (Wildman–Crippen MR) is 115 cm³/mol. The SMILES string of the molecule is CCOC(=O)C[C@@H]1Nc2ccccc2-c2nc(=O)c(-c3ccc(C(C)C)cc3)nn21. The Labute approximate surface area is 174 Å². The smallest absolute Gasteiger partial charge is 0.309 e. The van der Waals surface area contributed by atoms with E-state index in [1.165, 1.54) is 5.56 Å². The summed E-state index contributed by atoms with van der Waals surface area (Å²) in [5.41, 5.74) is 3.30. The van der Waals surface area contributed by atoms with E-state index in [1.807, 2.05) is 48.5 Å². The molecule has 7 nitrogen and oxygen atoms in total. The van der Waals surface area contributed by atoms with E-state index in [4.69, 9.17) is 4.74 Å². The lowest BCUT2D eigenvalue weighted by molar-refractivity contribution is -0.143. The molecule has 0 bridgehead atoms. The summed E-state index contributed by atoms with van der Waals surface area (Å²) in [6.07, 6.45) is -0.436. The molecule has 0 unspecified atom stereocenters. The van der Waals surface area contributed by atoms with E-state index in [-0.39, 0.29) is 18.1 Å². The number of ether oxygens (including phenoxy) is 1. The highest BCUT2D eigenvalue weighted by molar-refractivity contribution is 5.78. The van der Waals surface area contributed by atoms with Crippen LogP contribution in [0.5, 0.6) is 0 Å². The third kappa shape index (κ3) is 3.70. The van der Waals surface area contributed by atoms with Gasteiger partial charge in [-0.05, 0) is 30.5 Å². The van der Waals surface area contributed by atoms with Gasteiger partial charge >= 0.3 is 5.97 Å². The molecule has 4 rings (SSSR count). The third-order valence-electron chi connectivity index (χ3n) is 5.14. The van der Waals surface area contributed by atoms with Gasteiger partial charge < -0.3 is 10.1 Å². The Hall–Kier alpha value is -3.48. The highest BCUT2D eigenvalue weighted by atomic mass is 16.5. The minimum atomic E-state index is -0.504. The van der Waals surface area contributed by atoms with E-state index in [2.05, 4.69) is 29.2 Å². The van der Waals surface area contributed by atoms with Crippen LogP contribution in [0.4, 0.5) is 5.69 Å². The molecular weight excluding hydrogens is 380 g/mol. The van der Waals surface area contributed by atoms with Crippen molar-refractivity contribution in [3.8, 4) is 22.6 Å². The van der Waals surface area contributed by atoms with Crippen LogP contribution in [0.2, 0.25) is 0 Å². The molecule has 0 saturated carbocycles. The van der Waals surface area contributed by atoms with Crippen LogP contribution in [0.3, 0.4) is 0 Å². The number of hydrogen-bond acceptors (Lipinski definition) is 6. The quantitative estimate of drug-likeness (QED) is 0.648. The Kier molecular flexibility index (Phi) is 5.35. The van der Waals surface area contributed by atoms with Gasteiger partial charge in [-0.25, -0.2) is 4.68 Å². The largest absolute Gasteiger partial charge is 0.466 e. The molecule has 154 valence electrons. The monoisotopic (exact) mass is 404 g/mol. The van der Waals surface area contributed by atoms with Gasteiger partial charge in [-0.2, -0.15) is 10.1 Å².